The van der Waals surface area contributed by atoms with Crippen LogP contribution in [-0.4, -0.2) is 28.6 Å². The van der Waals surface area contributed by atoms with Crippen LogP contribution in [0.15, 0.2) is 18.2 Å². The van der Waals surface area contributed by atoms with Gasteiger partial charge in [-0.3, -0.25) is 14.9 Å². The van der Waals surface area contributed by atoms with Crippen LogP contribution in [0.4, 0.5) is 11.4 Å². The van der Waals surface area contributed by atoms with Crippen molar-refractivity contribution in [2.75, 3.05) is 11.4 Å². The Bertz CT molecular complexity index is 575. The number of hydrogen-bond acceptors (Lipinski definition) is 5. The fraction of sp³-hybridized carbons (Fsp3) is 0.333. The van der Waals surface area contributed by atoms with E-state index in [1.165, 1.54) is 18.2 Å². The molecule has 0 radical (unpaired) electrons. The monoisotopic (exact) mass is 261 g/mol. The molecule has 0 atom stereocenters. The average Bonchev–Trinajstić information content (AvgIpc) is 3.19. The number of nitriles is 1. The smallest absolute Gasteiger partial charge is 0.323 e. The molecule has 1 aromatic rings. The third kappa shape index (κ3) is 2.80. The van der Waals surface area contributed by atoms with Crippen LogP contribution in [0.1, 0.15) is 18.4 Å². The first-order valence-corrected chi connectivity index (χ1v) is 5.70. The molecule has 2 rings (SSSR count). The summed E-state index contributed by atoms with van der Waals surface area (Å²) in [5.41, 5.74) is 0.395. The number of carboxylic acids is 1. The number of nitro groups is 1. The van der Waals surface area contributed by atoms with Gasteiger partial charge in [0, 0.05) is 18.2 Å². The number of nitro benzene ring substituents is 1. The highest BCUT2D eigenvalue weighted by atomic mass is 16.6. The van der Waals surface area contributed by atoms with Crippen LogP contribution in [0, 0.1) is 21.4 Å². The van der Waals surface area contributed by atoms with Gasteiger partial charge in [-0.15, -0.1) is 0 Å². The number of rotatable bonds is 5. The molecular formula is C12H11N3O4. The minimum atomic E-state index is -0.992. The van der Waals surface area contributed by atoms with Gasteiger partial charge in [-0.1, -0.05) is 0 Å². The van der Waals surface area contributed by atoms with E-state index in [4.69, 9.17) is 10.4 Å². The molecule has 19 heavy (non-hydrogen) atoms. The molecule has 98 valence electrons. The van der Waals surface area contributed by atoms with Crippen molar-refractivity contribution < 1.29 is 14.8 Å². The van der Waals surface area contributed by atoms with Gasteiger partial charge >= 0.3 is 5.97 Å². The number of nitrogens with zero attached hydrogens (tertiary/aromatic N) is 3. The van der Waals surface area contributed by atoms with Gasteiger partial charge in [0.2, 0.25) is 0 Å². The Hall–Kier alpha value is -2.62. The number of aliphatic carboxylic acids is 1. The highest BCUT2D eigenvalue weighted by Crippen LogP contribution is 2.34. The molecule has 0 unspecified atom stereocenters. The van der Waals surface area contributed by atoms with Crippen molar-refractivity contribution in [3.05, 3.63) is 33.9 Å². The lowest BCUT2D eigenvalue weighted by Gasteiger charge is -2.23. The van der Waals surface area contributed by atoms with E-state index in [0.29, 0.717) is 5.69 Å². The Morgan fingerprint density at radius 3 is 2.74 bits per heavy atom. The van der Waals surface area contributed by atoms with Gasteiger partial charge in [-0.05, 0) is 18.9 Å². The average molecular weight is 261 g/mol. The summed E-state index contributed by atoms with van der Waals surface area (Å²) >= 11 is 0. The lowest BCUT2D eigenvalue weighted by Crippen LogP contribution is -2.32. The third-order valence-electron chi connectivity index (χ3n) is 2.91. The van der Waals surface area contributed by atoms with Crippen molar-refractivity contribution >= 4 is 17.3 Å². The number of benzene rings is 1. The SMILES string of the molecule is N#Cc1cc([N+](=O)[O-])ccc1N(CC(=O)O)C1CC1. The molecule has 0 heterocycles. The number of carboxylic acid groups (broad SMARTS) is 1. The summed E-state index contributed by atoms with van der Waals surface area (Å²) < 4.78 is 0. The summed E-state index contributed by atoms with van der Waals surface area (Å²) in [5, 5.41) is 28.6. The molecule has 7 nitrogen and oxygen atoms in total. The van der Waals surface area contributed by atoms with Gasteiger partial charge in [0.25, 0.3) is 5.69 Å². The molecule has 0 aliphatic heterocycles. The molecule has 7 heteroatoms. The van der Waals surface area contributed by atoms with Crippen LogP contribution < -0.4 is 4.90 Å². The molecule has 1 N–H and O–H groups in total. The molecule has 0 aromatic heterocycles. The molecule has 1 fully saturated rings. The van der Waals surface area contributed by atoms with Crippen molar-refractivity contribution in [1.29, 1.82) is 5.26 Å². The first kappa shape index (κ1) is 12.8. The van der Waals surface area contributed by atoms with Crippen LogP contribution in [0.2, 0.25) is 0 Å². The molecule has 1 aliphatic carbocycles. The number of non-ortho nitro benzene ring substituents is 1. The lowest BCUT2D eigenvalue weighted by atomic mass is 10.1. The lowest BCUT2D eigenvalue weighted by molar-refractivity contribution is -0.384. The minimum absolute atomic E-state index is 0.102. The Morgan fingerprint density at radius 2 is 2.26 bits per heavy atom. The zero-order valence-electron chi connectivity index (χ0n) is 9.94. The van der Waals surface area contributed by atoms with E-state index >= 15 is 0 Å². The molecule has 1 saturated carbocycles. The zero-order valence-corrected chi connectivity index (χ0v) is 9.94. The Balaban J connectivity index is 2.39. The van der Waals surface area contributed by atoms with Crippen LogP contribution in [0.25, 0.3) is 0 Å². The second-order valence-electron chi connectivity index (χ2n) is 4.32. The van der Waals surface area contributed by atoms with Crippen LogP contribution in [0.5, 0.6) is 0 Å². The predicted molar refractivity (Wildman–Crippen MR) is 65.8 cm³/mol. The summed E-state index contributed by atoms with van der Waals surface area (Å²) in [4.78, 5) is 22.6. The Labute approximate surface area is 108 Å². The van der Waals surface area contributed by atoms with Crippen LogP contribution >= 0.6 is 0 Å². The van der Waals surface area contributed by atoms with E-state index in [-0.39, 0.29) is 23.8 Å². The van der Waals surface area contributed by atoms with Crippen LogP contribution in [-0.2, 0) is 4.79 Å². The van der Waals surface area contributed by atoms with Gasteiger partial charge in [0.05, 0.1) is 16.2 Å². The van der Waals surface area contributed by atoms with Gasteiger partial charge < -0.3 is 10.0 Å². The van der Waals surface area contributed by atoms with E-state index in [1.807, 2.05) is 6.07 Å². The normalized spacial score (nSPS) is 13.6. The minimum Gasteiger partial charge on any atom is -0.480 e. The van der Waals surface area contributed by atoms with Crippen molar-refractivity contribution in [3.63, 3.8) is 0 Å². The first-order chi connectivity index (χ1) is 9.02. The third-order valence-corrected chi connectivity index (χ3v) is 2.91. The summed E-state index contributed by atoms with van der Waals surface area (Å²) in [6.45, 7) is -0.211. The fourth-order valence-corrected chi connectivity index (χ4v) is 1.92. The van der Waals surface area contributed by atoms with Crippen molar-refractivity contribution in [3.8, 4) is 6.07 Å². The molecule has 0 bridgehead atoms. The van der Waals surface area contributed by atoms with Gasteiger partial charge in [0.1, 0.15) is 12.6 Å². The highest BCUT2D eigenvalue weighted by Gasteiger charge is 2.32. The second kappa shape index (κ2) is 4.94. The molecule has 1 aliphatic rings. The number of carbonyl (C=O) groups is 1. The molecule has 0 saturated heterocycles. The standard InChI is InChI=1S/C12H11N3O4/c13-6-8-5-10(15(18)19)3-4-11(8)14(7-12(16)17)9-1-2-9/h3-5,9H,1-2,7H2,(H,16,17). The fourth-order valence-electron chi connectivity index (χ4n) is 1.92. The largest absolute Gasteiger partial charge is 0.480 e. The predicted octanol–water partition coefficient (Wildman–Crippen LogP) is 1.52. The van der Waals surface area contributed by atoms with E-state index in [1.54, 1.807) is 4.90 Å². The summed E-state index contributed by atoms with van der Waals surface area (Å²) in [6, 6.07) is 5.89. The van der Waals surface area contributed by atoms with Gasteiger partial charge in [0.15, 0.2) is 0 Å². The summed E-state index contributed by atoms with van der Waals surface area (Å²) in [6.07, 6.45) is 1.74. The van der Waals surface area contributed by atoms with Crippen LogP contribution in [0.3, 0.4) is 0 Å². The second-order valence-corrected chi connectivity index (χ2v) is 4.32. The molecule has 0 spiro atoms. The summed E-state index contributed by atoms with van der Waals surface area (Å²) in [5.74, 6) is -0.992. The van der Waals surface area contributed by atoms with E-state index in [9.17, 15) is 14.9 Å². The quantitative estimate of drug-likeness (QED) is 0.636. The Morgan fingerprint density at radius 1 is 1.58 bits per heavy atom. The van der Waals surface area contributed by atoms with Gasteiger partial charge in [-0.2, -0.15) is 5.26 Å². The number of hydrogen-bond donors (Lipinski definition) is 1. The maximum Gasteiger partial charge on any atom is 0.323 e. The first-order valence-electron chi connectivity index (χ1n) is 5.70. The van der Waals surface area contributed by atoms with E-state index < -0.39 is 10.9 Å². The maximum atomic E-state index is 10.9. The van der Waals surface area contributed by atoms with Crippen molar-refractivity contribution in [1.82, 2.24) is 0 Å². The zero-order chi connectivity index (χ0) is 14.0. The summed E-state index contributed by atoms with van der Waals surface area (Å²) in [7, 11) is 0. The maximum absolute atomic E-state index is 10.9. The Kier molecular flexibility index (Phi) is 3.33. The molecule has 0 amide bonds. The van der Waals surface area contributed by atoms with Crippen molar-refractivity contribution in [2.24, 2.45) is 0 Å². The van der Waals surface area contributed by atoms with Crippen molar-refractivity contribution in [2.45, 2.75) is 18.9 Å². The molecular weight excluding hydrogens is 250 g/mol. The van der Waals surface area contributed by atoms with Gasteiger partial charge in [-0.25, -0.2) is 0 Å². The van der Waals surface area contributed by atoms with E-state index in [0.717, 1.165) is 12.8 Å². The number of anilines is 1. The highest BCUT2D eigenvalue weighted by molar-refractivity contribution is 5.76. The van der Waals surface area contributed by atoms with E-state index in [2.05, 4.69) is 0 Å². The topological polar surface area (TPSA) is 107 Å². The molecule has 1 aromatic carbocycles.